The Morgan fingerprint density at radius 1 is 1.00 bits per heavy atom. The predicted octanol–water partition coefficient (Wildman–Crippen LogP) is 5.14. The van der Waals surface area contributed by atoms with E-state index in [4.69, 9.17) is 4.42 Å². The number of ether oxygens (including phenoxy) is 1. The van der Waals surface area contributed by atoms with E-state index in [-0.39, 0.29) is 18.1 Å². The number of nitrogens with zero attached hydrogens (tertiary/aromatic N) is 3. The van der Waals surface area contributed by atoms with Crippen LogP contribution >= 0.6 is 0 Å². The first kappa shape index (κ1) is 20.5. The molecule has 0 atom stereocenters. The molecule has 0 fully saturated rings. The van der Waals surface area contributed by atoms with Crippen molar-refractivity contribution < 1.29 is 35.5 Å². The van der Waals surface area contributed by atoms with E-state index in [9.17, 15) is 26.3 Å². The van der Waals surface area contributed by atoms with Gasteiger partial charge >= 0.3 is 12.5 Å². The molecule has 31 heavy (non-hydrogen) atoms. The molecule has 0 aliphatic rings. The Balaban J connectivity index is 1.53. The lowest BCUT2D eigenvalue weighted by Gasteiger charge is -2.17. The molecule has 13 heteroatoms. The Morgan fingerprint density at radius 2 is 1.81 bits per heavy atom. The van der Waals surface area contributed by atoms with Crippen LogP contribution in [-0.2, 0) is 12.7 Å². The predicted molar refractivity (Wildman–Crippen MR) is 94.8 cm³/mol. The van der Waals surface area contributed by atoms with E-state index in [1.165, 1.54) is 0 Å². The molecule has 4 rings (SSSR count). The fraction of sp³-hybridized carbons (Fsp3) is 0.167. The number of furan rings is 1. The molecule has 0 amide bonds. The maximum atomic E-state index is 13.2. The first-order valence-electron chi connectivity index (χ1n) is 8.56. The molecule has 2 aromatic heterocycles. The number of hydrogen-bond donors (Lipinski definition) is 2. The van der Waals surface area contributed by atoms with Crippen LogP contribution in [0.25, 0.3) is 22.6 Å². The Labute approximate surface area is 169 Å². The molecule has 0 saturated heterocycles. The second-order valence-electron chi connectivity index (χ2n) is 6.33. The summed E-state index contributed by atoms with van der Waals surface area (Å²) in [4.78, 5) is 0. The minimum Gasteiger partial charge on any atom is -0.453 e. The number of halogens is 6. The number of aromatic nitrogens is 4. The normalized spacial score (nSPS) is 12.3. The van der Waals surface area contributed by atoms with Crippen molar-refractivity contribution in [3.05, 3.63) is 53.6 Å². The molecule has 0 unspecified atom stereocenters. The molecule has 2 heterocycles. The summed E-state index contributed by atoms with van der Waals surface area (Å²) >= 11 is 0. The van der Waals surface area contributed by atoms with Crippen molar-refractivity contribution in [3.63, 3.8) is 0 Å². The van der Waals surface area contributed by atoms with Crippen molar-refractivity contribution in [2.75, 3.05) is 5.32 Å². The van der Waals surface area contributed by atoms with Gasteiger partial charge in [-0.05, 0) is 47.2 Å². The van der Waals surface area contributed by atoms with Gasteiger partial charge in [0.2, 0.25) is 5.82 Å². The summed E-state index contributed by atoms with van der Waals surface area (Å²) in [6.45, 7) is 0.107. The third-order valence-electron chi connectivity index (χ3n) is 4.15. The average molecular weight is 443 g/mol. The quantitative estimate of drug-likeness (QED) is 0.415. The zero-order valence-corrected chi connectivity index (χ0v) is 15.2. The Hall–Kier alpha value is -3.77. The van der Waals surface area contributed by atoms with Gasteiger partial charge in [0.25, 0.3) is 0 Å². The summed E-state index contributed by atoms with van der Waals surface area (Å²) in [5, 5.41) is 16.8. The van der Waals surface area contributed by atoms with Crippen LogP contribution in [0.15, 0.2) is 46.9 Å². The molecule has 7 nitrogen and oxygen atoms in total. The molecule has 0 aliphatic heterocycles. The molecule has 162 valence electrons. The third kappa shape index (κ3) is 4.70. The van der Waals surface area contributed by atoms with Gasteiger partial charge in [-0.2, -0.15) is 18.4 Å². The number of rotatable bonds is 5. The number of alkyl halides is 6. The van der Waals surface area contributed by atoms with E-state index in [0.717, 1.165) is 6.07 Å². The fourth-order valence-corrected chi connectivity index (χ4v) is 2.86. The summed E-state index contributed by atoms with van der Waals surface area (Å²) in [6, 6.07) is 9.01. The van der Waals surface area contributed by atoms with Crippen LogP contribution in [-0.4, -0.2) is 27.0 Å². The highest BCUT2D eigenvalue weighted by Gasteiger charge is 2.39. The van der Waals surface area contributed by atoms with Gasteiger partial charge in [0.15, 0.2) is 5.76 Å². The van der Waals surface area contributed by atoms with Crippen LogP contribution in [0, 0.1) is 0 Å². The molecule has 2 aromatic carbocycles. The SMILES string of the molecule is FC(F)(F)Oc1ccc(NCc2ccc3oc(-c4nn[nH]n4)cc3c2)cc1C(F)(F)F. The lowest BCUT2D eigenvalue weighted by Crippen LogP contribution is -2.20. The van der Waals surface area contributed by atoms with Crippen molar-refractivity contribution in [2.45, 2.75) is 19.1 Å². The second-order valence-corrected chi connectivity index (χ2v) is 6.33. The molecule has 0 saturated carbocycles. The summed E-state index contributed by atoms with van der Waals surface area (Å²) < 4.78 is 85.7. The van der Waals surface area contributed by atoms with Crippen LogP contribution in [0.1, 0.15) is 11.1 Å². The van der Waals surface area contributed by atoms with Crippen LogP contribution in [0.2, 0.25) is 0 Å². The van der Waals surface area contributed by atoms with Crippen LogP contribution < -0.4 is 10.1 Å². The smallest absolute Gasteiger partial charge is 0.453 e. The van der Waals surface area contributed by atoms with E-state index in [0.29, 0.717) is 34.4 Å². The number of tetrazole rings is 1. The van der Waals surface area contributed by atoms with E-state index < -0.39 is 23.9 Å². The molecule has 4 aromatic rings. The summed E-state index contributed by atoms with van der Waals surface area (Å²) in [6.07, 6.45) is -10.3. The van der Waals surface area contributed by atoms with Gasteiger partial charge in [-0.3, -0.25) is 0 Å². The van der Waals surface area contributed by atoms with Crippen LogP contribution in [0.3, 0.4) is 0 Å². The maximum absolute atomic E-state index is 13.2. The zero-order chi connectivity index (χ0) is 22.2. The van der Waals surface area contributed by atoms with Crippen molar-refractivity contribution in [1.29, 1.82) is 0 Å². The summed E-state index contributed by atoms with van der Waals surface area (Å²) in [5.74, 6) is -0.681. The Bertz CT molecular complexity index is 1200. The molecule has 0 radical (unpaired) electrons. The summed E-state index contributed by atoms with van der Waals surface area (Å²) in [5.41, 5.74) is -0.333. The average Bonchev–Trinajstić information content (AvgIpc) is 3.34. The van der Waals surface area contributed by atoms with Crippen molar-refractivity contribution in [3.8, 4) is 17.3 Å². The van der Waals surface area contributed by atoms with Gasteiger partial charge in [0, 0.05) is 17.6 Å². The first-order valence-corrected chi connectivity index (χ1v) is 8.56. The maximum Gasteiger partial charge on any atom is 0.573 e. The van der Waals surface area contributed by atoms with Crippen molar-refractivity contribution in [1.82, 2.24) is 20.6 Å². The monoisotopic (exact) mass is 443 g/mol. The third-order valence-corrected chi connectivity index (χ3v) is 4.15. The van der Waals surface area contributed by atoms with E-state index in [1.807, 2.05) is 0 Å². The van der Waals surface area contributed by atoms with E-state index in [1.54, 1.807) is 24.3 Å². The first-order chi connectivity index (χ1) is 14.6. The molecule has 0 aliphatic carbocycles. The lowest BCUT2D eigenvalue weighted by molar-refractivity contribution is -0.276. The number of hydrogen-bond acceptors (Lipinski definition) is 6. The highest BCUT2D eigenvalue weighted by atomic mass is 19.4. The van der Waals surface area contributed by atoms with Gasteiger partial charge < -0.3 is 14.5 Å². The summed E-state index contributed by atoms with van der Waals surface area (Å²) in [7, 11) is 0. The van der Waals surface area contributed by atoms with Crippen LogP contribution in [0.4, 0.5) is 32.0 Å². The molecule has 0 spiro atoms. The van der Waals surface area contributed by atoms with Gasteiger partial charge in [0.05, 0.1) is 5.56 Å². The number of anilines is 1. The van der Waals surface area contributed by atoms with Gasteiger partial charge in [0.1, 0.15) is 11.3 Å². The highest BCUT2D eigenvalue weighted by molar-refractivity contribution is 5.82. The minimum atomic E-state index is -5.24. The number of benzene rings is 2. The Kier molecular flexibility index (Phi) is 4.95. The number of H-pyrrole nitrogens is 1. The molecule has 2 N–H and O–H groups in total. The van der Waals surface area contributed by atoms with Gasteiger partial charge in [-0.25, -0.2) is 0 Å². The Morgan fingerprint density at radius 3 is 2.48 bits per heavy atom. The lowest BCUT2D eigenvalue weighted by atomic mass is 10.1. The molecular weight excluding hydrogens is 432 g/mol. The fourth-order valence-electron chi connectivity index (χ4n) is 2.86. The zero-order valence-electron chi connectivity index (χ0n) is 15.2. The topological polar surface area (TPSA) is 88.9 Å². The largest absolute Gasteiger partial charge is 0.573 e. The second kappa shape index (κ2) is 7.49. The highest BCUT2D eigenvalue weighted by Crippen LogP contribution is 2.40. The molecule has 0 bridgehead atoms. The van der Waals surface area contributed by atoms with Gasteiger partial charge in [-0.1, -0.05) is 6.07 Å². The van der Waals surface area contributed by atoms with Gasteiger partial charge in [-0.15, -0.1) is 23.4 Å². The number of nitrogens with one attached hydrogen (secondary N) is 2. The van der Waals surface area contributed by atoms with Crippen LogP contribution in [0.5, 0.6) is 5.75 Å². The standard InChI is InChI=1S/C18H11F6N5O2/c19-17(20,21)12-7-11(2-4-14(12)31-18(22,23)24)25-8-9-1-3-13-10(5-9)6-15(30-13)16-26-28-29-27-16/h1-7,25H,8H2,(H,26,27,28,29). The number of fused-ring (bicyclic) bond motifs is 1. The molecular formula is C18H11F6N5O2. The number of aromatic amines is 1. The van der Waals surface area contributed by atoms with E-state index >= 15 is 0 Å². The van der Waals surface area contributed by atoms with Crippen molar-refractivity contribution >= 4 is 16.7 Å². The minimum absolute atomic E-state index is 0.0263. The van der Waals surface area contributed by atoms with Crippen molar-refractivity contribution in [2.24, 2.45) is 0 Å². The van der Waals surface area contributed by atoms with E-state index in [2.05, 4.69) is 30.7 Å².